The third-order valence-electron chi connectivity index (χ3n) is 5.62. The van der Waals surface area contributed by atoms with E-state index in [-0.39, 0.29) is 5.92 Å². The predicted octanol–water partition coefficient (Wildman–Crippen LogP) is 3.34. The van der Waals surface area contributed by atoms with Crippen LogP contribution in [0.15, 0.2) is 24.4 Å². The molecule has 2 fully saturated rings. The monoisotopic (exact) mass is 315 g/mol. The van der Waals surface area contributed by atoms with Gasteiger partial charge in [-0.2, -0.15) is 0 Å². The van der Waals surface area contributed by atoms with E-state index in [9.17, 15) is 4.79 Å². The maximum absolute atomic E-state index is 12.9. The summed E-state index contributed by atoms with van der Waals surface area (Å²) in [5.74, 6) is 2.28. The summed E-state index contributed by atoms with van der Waals surface area (Å²) in [6.45, 7) is 4.14. The maximum Gasteiger partial charge on any atom is 0.227 e. The van der Waals surface area contributed by atoms with Crippen molar-refractivity contribution in [1.82, 2.24) is 9.88 Å². The summed E-state index contributed by atoms with van der Waals surface area (Å²) in [5.41, 5.74) is 0. The van der Waals surface area contributed by atoms with Crippen molar-refractivity contribution in [2.75, 3.05) is 25.0 Å². The molecule has 1 atom stereocenters. The van der Waals surface area contributed by atoms with E-state index < -0.39 is 0 Å². The number of hydrogen-bond donors (Lipinski definition) is 0. The average Bonchev–Trinajstić information content (AvgIpc) is 2.62. The van der Waals surface area contributed by atoms with Crippen LogP contribution < -0.4 is 4.90 Å². The SMILES string of the molecule is CC1CCC(N(C)C(=O)[C@H]2CCCN(c3ccccn3)C2)CC1. The van der Waals surface area contributed by atoms with Gasteiger partial charge in [-0.25, -0.2) is 4.98 Å². The lowest BCUT2D eigenvalue weighted by Gasteiger charge is -2.38. The molecule has 2 aliphatic rings. The molecule has 0 spiro atoms. The fourth-order valence-electron chi connectivity index (χ4n) is 4.03. The van der Waals surface area contributed by atoms with Gasteiger partial charge in [0.05, 0.1) is 5.92 Å². The molecule has 0 radical (unpaired) electrons. The maximum atomic E-state index is 12.9. The third-order valence-corrected chi connectivity index (χ3v) is 5.62. The Morgan fingerprint density at radius 1 is 1.22 bits per heavy atom. The first-order valence-corrected chi connectivity index (χ1v) is 9.08. The molecule has 3 rings (SSSR count). The summed E-state index contributed by atoms with van der Waals surface area (Å²) in [5, 5.41) is 0. The second-order valence-corrected chi connectivity index (χ2v) is 7.34. The Kier molecular flexibility index (Phi) is 5.19. The van der Waals surface area contributed by atoms with Crippen LogP contribution in [0.2, 0.25) is 0 Å². The highest BCUT2D eigenvalue weighted by molar-refractivity contribution is 5.79. The smallest absolute Gasteiger partial charge is 0.227 e. The number of aromatic nitrogens is 1. The molecule has 1 aromatic heterocycles. The molecular weight excluding hydrogens is 286 g/mol. The van der Waals surface area contributed by atoms with Gasteiger partial charge in [-0.3, -0.25) is 4.79 Å². The summed E-state index contributed by atoms with van der Waals surface area (Å²) in [4.78, 5) is 21.7. The van der Waals surface area contributed by atoms with Gasteiger partial charge in [0.2, 0.25) is 5.91 Å². The van der Waals surface area contributed by atoms with Crippen molar-refractivity contribution in [2.45, 2.75) is 51.5 Å². The lowest BCUT2D eigenvalue weighted by atomic mass is 9.86. The van der Waals surface area contributed by atoms with Crippen LogP contribution in [0.4, 0.5) is 5.82 Å². The summed E-state index contributed by atoms with van der Waals surface area (Å²) in [6.07, 6.45) is 8.76. The van der Waals surface area contributed by atoms with Gasteiger partial charge in [0.25, 0.3) is 0 Å². The molecule has 4 nitrogen and oxygen atoms in total. The quantitative estimate of drug-likeness (QED) is 0.858. The molecule has 0 unspecified atom stereocenters. The standard InChI is InChI=1S/C19H29N3O/c1-15-8-10-17(11-9-15)21(2)19(23)16-6-5-13-22(14-16)18-7-3-4-12-20-18/h3-4,7,12,15-17H,5-6,8-11,13-14H2,1-2H3/t15?,16-,17?/m0/s1. The second-order valence-electron chi connectivity index (χ2n) is 7.34. The topological polar surface area (TPSA) is 36.4 Å². The Hall–Kier alpha value is -1.58. The van der Waals surface area contributed by atoms with Crippen LogP contribution in [0.3, 0.4) is 0 Å². The van der Waals surface area contributed by atoms with Gasteiger partial charge in [0.1, 0.15) is 5.82 Å². The molecule has 4 heteroatoms. The minimum Gasteiger partial charge on any atom is -0.356 e. The van der Waals surface area contributed by atoms with Crippen LogP contribution in [-0.2, 0) is 4.79 Å². The molecule has 1 saturated carbocycles. The third kappa shape index (κ3) is 3.85. The summed E-state index contributed by atoms with van der Waals surface area (Å²) >= 11 is 0. The van der Waals surface area contributed by atoms with Crippen molar-refractivity contribution in [3.05, 3.63) is 24.4 Å². The highest BCUT2D eigenvalue weighted by Crippen LogP contribution is 2.29. The van der Waals surface area contributed by atoms with Crippen molar-refractivity contribution in [3.63, 3.8) is 0 Å². The molecule has 1 aliphatic heterocycles. The Labute approximate surface area is 139 Å². The Balaban J connectivity index is 1.60. The highest BCUT2D eigenvalue weighted by atomic mass is 16.2. The van der Waals surface area contributed by atoms with Crippen LogP contribution in [0, 0.1) is 11.8 Å². The number of anilines is 1. The lowest BCUT2D eigenvalue weighted by Crippen LogP contribution is -2.47. The first kappa shape index (κ1) is 16.3. The Morgan fingerprint density at radius 3 is 2.70 bits per heavy atom. The zero-order valence-electron chi connectivity index (χ0n) is 14.4. The van der Waals surface area contributed by atoms with Gasteiger partial charge in [-0.05, 0) is 56.6 Å². The average molecular weight is 315 g/mol. The Bertz CT molecular complexity index is 511. The number of carbonyl (C=O) groups is 1. The number of carbonyl (C=O) groups excluding carboxylic acids is 1. The van der Waals surface area contributed by atoms with Gasteiger partial charge in [0, 0.05) is 32.4 Å². The van der Waals surface area contributed by atoms with Gasteiger partial charge < -0.3 is 9.80 Å². The van der Waals surface area contributed by atoms with Gasteiger partial charge in [-0.15, -0.1) is 0 Å². The van der Waals surface area contributed by atoms with Gasteiger partial charge in [0.15, 0.2) is 0 Å². The number of rotatable bonds is 3. The first-order valence-electron chi connectivity index (χ1n) is 9.08. The molecule has 0 bridgehead atoms. The Morgan fingerprint density at radius 2 is 2.00 bits per heavy atom. The van der Waals surface area contributed by atoms with Crippen LogP contribution in [-0.4, -0.2) is 42.0 Å². The van der Waals surface area contributed by atoms with Gasteiger partial charge in [-0.1, -0.05) is 13.0 Å². The molecule has 126 valence electrons. The van der Waals surface area contributed by atoms with E-state index in [1.807, 2.05) is 31.4 Å². The normalized spacial score (nSPS) is 28.4. The summed E-state index contributed by atoms with van der Waals surface area (Å²) in [6, 6.07) is 6.44. The highest BCUT2D eigenvalue weighted by Gasteiger charge is 2.32. The number of amides is 1. The van der Waals surface area contributed by atoms with E-state index in [0.717, 1.165) is 37.7 Å². The fourth-order valence-corrected chi connectivity index (χ4v) is 4.03. The van der Waals surface area contributed by atoms with Crippen LogP contribution in [0.5, 0.6) is 0 Å². The van der Waals surface area contributed by atoms with Crippen molar-refractivity contribution in [2.24, 2.45) is 11.8 Å². The van der Waals surface area contributed by atoms with Gasteiger partial charge >= 0.3 is 0 Å². The van der Waals surface area contributed by atoms with Crippen molar-refractivity contribution in [3.8, 4) is 0 Å². The molecule has 1 saturated heterocycles. The molecular formula is C19H29N3O. The molecule has 1 aliphatic carbocycles. The summed E-state index contributed by atoms with van der Waals surface area (Å²) in [7, 11) is 2.02. The van der Waals surface area contributed by atoms with Crippen molar-refractivity contribution < 1.29 is 4.79 Å². The van der Waals surface area contributed by atoms with E-state index in [1.54, 1.807) is 0 Å². The first-order chi connectivity index (χ1) is 11.1. The molecule has 0 aromatic carbocycles. The number of nitrogens with zero attached hydrogens (tertiary/aromatic N) is 3. The van der Waals surface area contributed by atoms with E-state index in [4.69, 9.17) is 0 Å². The fraction of sp³-hybridized carbons (Fsp3) is 0.684. The molecule has 1 amide bonds. The lowest BCUT2D eigenvalue weighted by molar-refractivity contribution is -0.137. The number of hydrogen-bond acceptors (Lipinski definition) is 3. The van der Waals surface area contributed by atoms with E-state index in [2.05, 4.69) is 21.7 Å². The van der Waals surface area contributed by atoms with E-state index >= 15 is 0 Å². The van der Waals surface area contributed by atoms with E-state index in [0.29, 0.717) is 11.9 Å². The number of piperidine rings is 1. The molecule has 2 heterocycles. The minimum absolute atomic E-state index is 0.120. The minimum atomic E-state index is 0.120. The molecule has 1 aromatic rings. The molecule has 0 N–H and O–H groups in total. The van der Waals surface area contributed by atoms with E-state index in [1.165, 1.54) is 25.7 Å². The van der Waals surface area contributed by atoms with Crippen LogP contribution in [0.1, 0.15) is 45.4 Å². The van der Waals surface area contributed by atoms with Crippen molar-refractivity contribution >= 4 is 11.7 Å². The predicted molar refractivity (Wildman–Crippen MR) is 93.4 cm³/mol. The largest absolute Gasteiger partial charge is 0.356 e. The van der Waals surface area contributed by atoms with Crippen molar-refractivity contribution in [1.29, 1.82) is 0 Å². The van der Waals surface area contributed by atoms with Crippen LogP contribution in [0.25, 0.3) is 0 Å². The zero-order chi connectivity index (χ0) is 16.2. The summed E-state index contributed by atoms with van der Waals surface area (Å²) < 4.78 is 0. The second kappa shape index (κ2) is 7.33. The molecule has 23 heavy (non-hydrogen) atoms. The number of pyridine rings is 1. The van der Waals surface area contributed by atoms with Crippen LogP contribution >= 0.6 is 0 Å². The zero-order valence-corrected chi connectivity index (χ0v) is 14.4.